The van der Waals surface area contributed by atoms with Crippen molar-refractivity contribution >= 4 is 22.6 Å². The molecule has 98 valence electrons. The van der Waals surface area contributed by atoms with E-state index in [0.29, 0.717) is 23.3 Å². The minimum atomic E-state index is -4.27. The smallest absolute Gasteiger partial charge is 0.319 e. The number of aryl methyl sites for hydroxylation is 2. The zero-order valence-electron chi connectivity index (χ0n) is 9.76. The Hall–Kier alpha value is -1.23. The maximum atomic E-state index is 12.6. The zero-order valence-corrected chi connectivity index (χ0v) is 10.5. The Morgan fingerprint density at radius 3 is 2.67 bits per heavy atom. The Labute approximate surface area is 107 Å². The van der Waals surface area contributed by atoms with Crippen LogP contribution in [0, 0.1) is 6.92 Å². The first-order chi connectivity index (χ1) is 8.40. The number of hydrogen-bond acceptors (Lipinski definition) is 1. The molecule has 0 aliphatic heterocycles. The summed E-state index contributed by atoms with van der Waals surface area (Å²) in [6.07, 6.45) is -3.94. The molecule has 0 radical (unpaired) electrons. The topological polar surface area (TPSA) is 17.8 Å². The fourth-order valence-corrected chi connectivity index (χ4v) is 2.08. The average Bonchev–Trinajstić information content (AvgIpc) is 2.56. The predicted octanol–water partition coefficient (Wildman–Crippen LogP) is 3.69. The second-order valence-electron chi connectivity index (χ2n) is 4.16. The summed E-state index contributed by atoms with van der Waals surface area (Å²) in [5.74, 6) is 0.628. The molecule has 0 saturated heterocycles. The van der Waals surface area contributed by atoms with E-state index in [-0.39, 0.29) is 5.88 Å². The van der Waals surface area contributed by atoms with E-state index in [1.807, 2.05) is 13.0 Å². The van der Waals surface area contributed by atoms with Gasteiger partial charge < -0.3 is 4.57 Å². The fourth-order valence-electron chi connectivity index (χ4n) is 1.91. The molecule has 2 nitrogen and oxygen atoms in total. The number of fused-ring (bicyclic) bond motifs is 1. The summed E-state index contributed by atoms with van der Waals surface area (Å²) in [6, 6.07) is 5.28. The Morgan fingerprint density at radius 1 is 1.33 bits per heavy atom. The summed E-state index contributed by atoms with van der Waals surface area (Å²) in [5, 5.41) is 0. The van der Waals surface area contributed by atoms with Crippen molar-refractivity contribution in [1.82, 2.24) is 9.55 Å². The second kappa shape index (κ2) is 4.80. The van der Waals surface area contributed by atoms with Crippen LogP contribution in [0.4, 0.5) is 13.2 Å². The highest BCUT2D eigenvalue weighted by Gasteiger charge is 2.30. The normalized spacial score (nSPS) is 12.3. The SMILES string of the molecule is Cc1ccc2nc(CCCl)n(CC(F)(F)F)c2c1. The third kappa shape index (κ3) is 2.77. The minimum absolute atomic E-state index is 0.250. The van der Waals surface area contributed by atoms with Crippen LogP contribution in [0.2, 0.25) is 0 Å². The molecule has 1 aromatic carbocycles. The van der Waals surface area contributed by atoms with E-state index in [9.17, 15) is 13.2 Å². The summed E-state index contributed by atoms with van der Waals surface area (Å²) in [6.45, 7) is 0.810. The lowest BCUT2D eigenvalue weighted by atomic mass is 10.2. The van der Waals surface area contributed by atoms with Crippen molar-refractivity contribution in [3.63, 3.8) is 0 Å². The first-order valence-electron chi connectivity index (χ1n) is 5.49. The number of rotatable bonds is 3. The molecule has 0 unspecified atom stereocenters. The van der Waals surface area contributed by atoms with Gasteiger partial charge in [-0.3, -0.25) is 0 Å². The van der Waals surface area contributed by atoms with E-state index in [1.54, 1.807) is 12.1 Å². The molecule has 0 aliphatic carbocycles. The van der Waals surface area contributed by atoms with E-state index in [0.717, 1.165) is 5.56 Å². The summed E-state index contributed by atoms with van der Waals surface area (Å²) >= 11 is 5.60. The molecule has 0 amide bonds. The van der Waals surface area contributed by atoms with Gasteiger partial charge >= 0.3 is 6.18 Å². The van der Waals surface area contributed by atoms with Crippen LogP contribution in [0.5, 0.6) is 0 Å². The highest BCUT2D eigenvalue weighted by atomic mass is 35.5. The van der Waals surface area contributed by atoms with Crippen LogP contribution in [0.1, 0.15) is 11.4 Å². The van der Waals surface area contributed by atoms with Crippen molar-refractivity contribution < 1.29 is 13.2 Å². The number of hydrogen-bond donors (Lipinski definition) is 0. The van der Waals surface area contributed by atoms with Gasteiger partial charge in [-0.1, -0.05) is 6.07 Å². The largest absolute Gasteiger partial charge is 0.406 e. The van der Waals surface area contributed by atoms with Crippen molar-refractivity contribution in [1.29, 1.82) is 0 Å². The number of nitrogens with zero attached hydrogens (tertiary/aromatic N) is 2. The number of halogens is 4. The number of alkyl halides is 4. The molecule has 1 heterocycles. The molecule has 18 heavy (non-hydrogen) atoms. The molecule has 6 heteroatoms. The minimum Gasteiger partial charge on any atom is -0.319 e. The lowest BCUT2D eigenvalue weighted by Gasteiger charge is -2.11. The molecule has 0 aliphatic rings. The van der Waals surface area contributed by atoms with E-state index >= 15 is 0 Å². The van der Waals surface area contributed by atoms with Gasteiger partial charge in [-0.15, -0.1) is 11.6 Å². The predicted molar refractivity (Wildman–Crippen MR) is 64.9 cm³/mol. The number of benzene rings is 1. The Morgan fingerprint density at radius 2 is 2.06 bits per heavy atom. The van der Waals surface area contributed by atoms with E-state index in [4.69, 9.17) is 11.6 Å². The van der Waals surface area contributed by atoms with Gasteiger partial charge in [0.15, 0.2) is 0 Å². The van der Waals surface area contributed by atoms with Crippen LogP contribution in [0.15, 0.2) is 18.2 Å². The van der Waals surface area contributed by atoms with Gasteiger partial charge in [-0.05, 0) is 24.6 Å². The van der Waals surface area contributed by atoms with Crippen LogP contribution in [0.3, 0.4) is 0 Å². The number of imidazole rings is 1. The van der Waals surface area contributed by atoms with Crippen LogP contribution in [0.25, 0.3) is 11.0 Å². The monoisotopic (exact) mass is 276 g/mol. The molecule has 0 fully saturated rings. The lowest BCUT2D eigenvalue weighted by molar-refractivity contribution is -0.140. The lowest BCUT2D eigenvalue weighted by Crippen LogP contribution is -2.19. The standard InChI is InChI=1S/C12H12ClF3N2/c1-8-2-3-9-10(6-8)18(7-12(14,15)16)11(17-9)4-5-13/h2-3,6H,4-5,7H2,1H3. The highest BCUT2D eigenvalue weighted by molar-refractivity contribution is 6.17. The van der Waals surface area contributed by atoms with Gasteiger partial charge in [0.2, 0.25) is 0 Å². The molecule has 0 atom stereocenters. The third-order valence-electron chi connectivity index (χ3n) is 2.64. The highest BCUT2D eigenvalue weighted by Crippen LogP contribution is 2.24. The molecule has 2 rings (SSSR count). The van der Waals surface area contributed by atoms with Crippen LogP contribution < -0.4 is 0 Å². The first kappa shape index (κ1) is 13.2. The van der Waals surface area contributed by atoms with Crippen molar-refractivity contribution in [3.8, 4) is 0 Å². The average molecular weight is 277 g/mol. The van der Waals surface area contributed by atoms with Crippen molar-refractivity contribution in [2.24, 2.45) is 0 Å². The van der Waals surface area contributed by atoms with Crippen LogP contribution in [-0.2, 0) is 13.0 Å². The van der Waals surface area contributed by atoms with E-state index < -0.39 is 12.7 Å². The second-order valence-corrected chi connectivity index (χ2v) is 4.54. The summed E-state index contributed by atoms with van der Waals surface area (Å²) in [4.78, 5) is 4.21. The Balaban J connectivity index is 2.57. The molecular formula is C12H12ClF3N2. The quantitative estimate of drug-likeness (QED) is 0.782. The molecular weight excluding hydrogens is 265 g/mol. The molecule has 0 saturated carbocycles. The molecule has 1 aromatic heterocycles. The van der Waals surface area contributed by atoms with Crippen molar-refractivity contribution in [2.75, 3.05) is 5.88 Å². The zero-order chi connectivity index (χ0) is 13.3. The number of aromatic nitrogens is 2. The van der Waals surface area contributed by atoms with Gasteiger partial charge in [0.05, 0.1) is 11.0 Å². The van der Waals surface area contributed by atoms with Gasteiger partial charge in [0, 0.05) is 12.3 Å². The van der Waals surface area contributed by atoms with Crippen LogP contribution >= 0.6 is 11.6 Å². The molecule has 2 aromatic rings. The molecule has 0 N–H and O–H groups in total. The van der Waals surface area contributed by atoms with E-state index in [1.165, 1.54) is 4.57 Å². The van der Waals surface area contributed by atoms with Gasteiger partial charge in [0.25, 0.3) is 0 Å². The van der Waals surface area contributed by atoms with Gasteiger partial charge in [-0.25, -0.2) is 4.98 Å². The van der Waals surface area contributed by atoms with Gasteiger partial charge in [-0.2, -0.15) is 13.2 Å². The third-order valence-corrected chi connectivity index (χ3v) is 2.83. The van der Waals surface area contributed by atoms with Crippen molar-refractivity contribution in [3.05, 3.63) is 29.6 Å². The summed E-state index contributed by atoms with van der Waals surface area (Å²) < 4.78 is 39.0. The maximum absolute atomic E-state index is 12.6. The summed E-state index contributed by atoms with van der Waals surface area (Å²) in [7, 11) is 0. The molecule has 0 bridgehead atoms. The Kier molecular flexibility index (Phi) is 3.52. The van der Waals surface area contributed by atoms with Crippen LogP contribution in [-0.4, -0.2) is 21.6 Å². The maximum Gasteiger partial charge on any atom is 0.406 e. The fraction of sp³-hybridized carbons (Fsp3) is 0.417. The molecule has 0 spiro atoms. The van der Waals surface area contributed by atoms with Gasteiger partial charge in [0.1, 0.15) is 12.4 Å². The summed E-state index contributed by atoms with van der Waals surface area (Å²) in [5.41, 5.74) is 1.99. The Bertz CT molecular complexity index is 560. The van der Waals surface area contributed by atoms with E-state index in [2.05, 4.69) is 4.98 Å². The van der Waals surface area contributed by atoms with Crippen molar-refractivity contribution in [2.45, 2.75) is 26.1 Å². The first-order valence-corrected chi connectivity index (χ1v) is 6.02.